The summed E-state index contributed by atoms with van der Waals surface area (Å²) < 4.78 is 5.38. The summed E-state index contributed by atoms with van der Waals surface area (Å²) in [5, 5.41) is 9.17. The zero-order valence-corrected chi connectivity index (χ0v) is 16.5. The summed E-state index contributed by atoms with van der Waals surface area (Å²) in [5.41, 5.74) is 0.483. The Morgan fingerprint density at radius 1 is 1.39 bits per heavy atom. The van der Waals surface area contributed by atoms with Gasteiger partial charge in [0, 0.05) is 25.1 Å². The van der Waals surface area contributed by atoms with Crippen molar-refractivity contribution < 1.29 is 29.0 Å². The van der Waals surface area contributed by atoms with Crippen LogP contribution in [-0.4, -0.2) is 44.8 Å². The van der Waals surface area contributed by atoms with Gasteiger partial charge in [0.1, 0.15) is 18.4 Å². The smallest absolute Gasteiger partial charge is 0.334 e. The van der Waals surface area contributed by atoms with Gasteiger partial charge in [-0.05, 0) is 30.5 Å². The highest BCUT2D eigenvalue weighted by Crippen LogP contribution is 2.24. The third-order valence-corrected chi connectivity index (χ3v) is 5.03. The van der Waals surface area contributed by atoms with Crippen LogP contribution >= 0.6 is 11.8 Å². The van der Waals surface area contributed by atoms with Crippen molar-refractivity contribution in [2.24, 2.45) is 0 Å². The van der Waals surface area contributed by atoms with E-state index in [-0.39, 0.29) is 35.0 Å². The number of likely N-dealkylation sites (tertiary alicyclic amines) is 1. The van der Waals surface area contributed by atoms with Crippen molar-refractivity contribution in [3.05, 3.63) is 39.9 Å². The highest BCUT2D eigenvalue weighted by atomic mass is 32.2. The summed E-state index contributed by atoms with van der Waals surface area (Å²) in [7, 11) is 0. The molecule has 10 heteroatoms. The molecule has 0 spiro atoms. The topological polar surface area (TPSA) is 116 Å². The number of carbonyl (C=O) groups is 3. The minimum absolute atomic E-state index is 0.0568. The molecule has 2 atom stereocenters. The summed E-state index contributed by atoms with van der Waals surface area (Å²) in [4.78, 5) is 52.3. The Morgan fingerprint density at radius 3 is 2.82 bits per heavy atom. The van der Waals surface area contributed by atoms with Gasteiger partial charge < -0.3 is 14.5 Å². The first kappa shape index (κ1) is 21.7. The third kappa shape index (κ3) is 6.52. The predicted octanol–water partition coefficient (Wildman–Crippen LogP) is 2.35. The van der Waals surface area contributed by atoms with Crippen LogP contribution in [0.3, 0.4) is 0 Å². The lowest BCUT2D eigenvalue weighted by atomic mass is 10.2. The van der Waals surface area contributed by atoms with Gasteiger partial charge in [-0.2, -0.15) is 0 Å². The number of carbonyl (C=O) groups excluding carboxylic acids is 3. The molecule has 2 rings (SSSR count). The van der Waals surface area contributed by atoms with Crippen molar-refractivity contribution in [2.45, 2.75) is 51.0 Å². The van der Waals surface area contributed by atoms with E-state index in [1.165, 1.54) is 17.9 Å². The fourth-order valence-electron chi connectivity index (χ4n) is 3.01. The number of thioether (sulfide) groups is 1. The molecular weight excluding hydrogens is 388 g/mol. The first-order valence-corrected chi connectivity index (χ1v) is 9.69. The molecule has 28 heavy (non-hydrogen) atoms. The first-order chi connectivity index (χ1) is 13.3. The van der Waals surface area contributed by atoms with Crippen LogP contribution in [0.2, 0.25) is 0 Å². The standard InChI is InChI=1S/C18H22N2O7S/c1-12(28-13(2)21)9-17(22)19-8-4-7-16(19)18(23)27-15-6-3-5-14(10-15)11-26-20(24)25/h3,5-6,10,12,16H,4,7-9,11H2,1-2H3/t12?,16-/m0/s1. The number of hydrogen-bond donors (Lipinski definition) is 0. The van der Waals surface area contributed by atoms with E-state index < -0.39 is 17.1 Å². The van der Waals surface area contributed by atoms with Crippen LogP contribution in [0.5, 0.6) is 5.75 Å². The van der Waals surface area contributed by atoms with E-state index in [4.69, 9.17) is 4.74 Å². The number of hydrogen-bond acceptors (Lipinski definition) is 8. The lowest BCUT2D eigenvalue weighted by molar-refractivity contribution is -0.763. The van der Waals surface area contributed by atoms with E-state index in [0.717, 1.165) is 11.8 Å². The summed E-state index contributed by atoms with van der Waals surface area (Å²) in [6, 6.07) is 5.56. The lowest BCUT2D eigenvalue weighted by Crippen LogP contribution is -2.43. The molecule has 152 valence electrons. The number of nitrogens with zero attached hydrogens (tertiary/aromatic N) is 2. The van der Waals surface area contributed by atoms with Crippen LogP contribution in [0, 0.1) is 10.1 Å². The molecule has 1 saturated heterocycles. The summed E-state index contributed by atoms with van der Waals surface area (Å²) >= 11 is 1.10. The Morgan fingerprint density at radius 2 is 2.14 bits per heavy atom. The predicted molar refractivity (Wildman–Crippen MR) is 101 cm³/mol. The average Bonchev–Trinajstić information content (AvgIpc) is 3.09. The van der Waals surface area contributed by atoms with Gasteiger partial charge in [0.2, 0.25) is 5.91 Å². The summed E-state index contributed by atoms with van der Waals surface area (Å²) in [5.74, 6) is -0.506. The molecule has 1 heterocycles. The SMILES string of the molecule is CC(=O)SC(C)CC(=O)N1CCC[C@H]1C(=O)Oc1cccc(CO[N+](=O)[O-])c1. The molecule has 1 aromatic rings. The lowest BCUT2D eigenvalue weighted by Gasteiger charge is -2.24. The van der Waals surface area contributed by atoms with Gasteiger partial charge in [-0.15, -0.1) is 10.1 Å². The number of rotatable bonds is 8. The van der Waals surface area contributed by atoms with E-state index in [1.807, 2.05) is 0 Å². The van der Waals surface area contributed by atoms with Gasteiger partial charge in [-0.3, -0.25) is 9.59 Å². The fraction of sp³-hybridized carbons (Fsp3) is 0.500. The molecule has 0 saturated carbocycles. The highest BCUT2D eigenvalue weighted by Gasteiger charge is 2.36. The first-order valence-electron chi connectivity index (χ1n) is 8.81. The Hall–Kier alpha value is -2.62. The number of benzene rings is 1. The van der Waals surface area contributed by atoms with Crippen LogP contribution in [0.1, 0.15) is 38.7 Å². The van der Waals surface area contributed by atoms with Crippen LogP contribution < -0.4 is 4.74 Å². The summed E-state index contributed by atoms with van der Waals surface area (Å²) in [6.07, 6.45) is 1.36. The Kier molecular flexibility index (Phi) is 7.80. The zero-order valence-electron chi connectivity index (χ0n) is 15.7. The van der Waals surface area contributed by atoms with Gasteiger partial charge in [-0.25, -0.2) is 4.79 Å². The molecule has 9 nitrogen and oxygen atoms in total. The number of esters is 1. The molecule has 1 fully saturated rings. The van der Waals surface area contributed by atoms with Crippen LogP contribution in [0.15, 0.2) is 24.3 Å². The molecule has 1 unspecified atom stereocenters. The van der Waals surface area contributed by atoms with Crippen molar-refractivity contribution in [2.75, 3.05) is 6.54 Å². The third-order valence-electron chi connectivity index (χ3n) is 4.13. The Labute approximate surface area is 166 Å². The van der Waals surface area contributed by atoms with Crippen molar-refractivity contribution in [3.8, 4) is 5.75 Å². The second-order valence-electron chi connectivity index (χ2n) is 6.43. The van der Waals surface area contributed by atoms with Crippen LogP contribution in [0.4, 0.5) is 0 Å². The van der Waals surface area contributed by atoms with Gasteiger partial charge in [0.05, 0.1) is 0 Å². The molecule has 1 amide bonds. The van der Waals surface area contributed by atoms with Gasteiger partial charge in [-0.1, -0.05) is 30.8 Å². The van der Waals surface area contributed by atoms with E-state index in [9.17, 15) is 24.5 Å². The quantitative estimate of drug-likeness (QED) is 0.277. The molecule has 1 aliphatic heterocycles. The van der Waals surface area contributed by atoms with Gasteiger partial charge >= 0.3 is 5.97 Å². The van der Waals surface area contributed by atoms with Gasteiger partial charge in [0.25, 0.3) is 5.09 Å². The van der Waals surface area contributed by atoms with Crippen LogP contribution in [-0.2, 0) is 25.8 Å². The van der Waals surface area contributed by atoms with E-state index in [1.54, 1.807) is 25.1 Å². The Balaban J connectivity index is 1.97. The maximum absolute atomic E-state index is 12.6. The molecule has 0 radical (unpaired) electrons. The number of ether oxygens (including phenoxy) is 1. The van der Waals surface area contributed by atoms with E-state index >= 15 is 0 Å². The van der Waals surface area contributed by atoms with E-state index in [0.29, 0.717) is 24.9 Å². The van der Waals surface area contributed by atoms with E-state index in [2.05, 4.69) is 4.84 Å². The second kappa shape index (κ2) is 10.1. The minimum atomic E-state index is -0.897. The maximum atomic E-state index is 12.6. The van der Waals surface area contributed by atoms with Crippen molar-refractivity contribution in [1.29, 1.82) is 0 Å². The fourth-order valence-corrected chi connectivity index (χ4v) is 3.80. The zero-order chi connectivity index (χ0) is 20.7. The van der Waals surface area contributed by atoms with Crippen molar-refractivity contribution in [1.82, 2.24) is 4.90 Å². The number of amides is 1. The van der Waals surface area contributed by atoms with Crippen molar-refractivity contribution >= 4 is 28.8 Å². The second-order valence-corrected chi connectivity index (χ2v) is 8.05. The van der Waals surface area contributed by atoms with Gasteiger partial charge in [0.15, 0.2) is 5.12 Å². The monoisotopic (exact) mass is 410 g/mol. The molecular formula is C18H22N2O7S. The molecule has 0 bridgehead atoms. The summed E-state index contributed by atoms with van der Waals surface area (Å²) in [6.45, 7) is 3.46. The molecule has 1 aromatic carbocycles. The van der Waals surface area contributed by atoms with Crippen LogP contribution in [0.25, 0.3) is 0 Å². The normalized spacial score (nSPS) is 17.1. The molecule has 0 N–H and O–H groups in total. The van der Waals surface area contributed by atoms with Crippen molar-refractivity contribution in [3.63, 3.8) is 0 Å². The minimum Gasteiger partial charge on any atom is -0.425 e. The maximum Gasteiger partial charge on any atom is 0.334 e. The Bertz CT molecular complexity index is 755. The molecule has 0 aromatic heterocycles. The molecule has 1 aliphatic rings. The average molecular weight is 410 g/mol. The highest BCUT2D eigenvalue weighted by molar-refractivity contribution is 8.14. The molecule has 0 aliphatic carbocycles. The largest absolute Gasteiger partial charge is 0.425 e.